The number of halogens is 1. The van der Waals surface area contributed by atoms with E-state index in [0.29, 0.717) is 22.9 Å². The second kappa shape index (κ2) is 8.49. The molecule has 4 heteroatoms. The maximum absolute atomic E-state index is 13.0. The lowest BCUT2D eigenvalue weighted by atomic mass is 9.87. The molecule has 0 saturated carbocycles. The highest BCUT2D eigenvalue weighted by Crippen LogP contribution is 2.30. The minimum atomic E-state index is -0.103. The Morgan fingerprint density at radius 3 is 2.61 bits per heavy atom. The van der Waals surface area contributed by atoms with Gasteiger partial charge in [0, 0.05) is 5.02 Å². The van der Waals surface area contributed by atoms with Crippen molar-refractivity contribution in [3.63, 3.8) is 0 Å². The Bertz CT molecular complexity index is 968. The quantitative estimate of drug-likeness (QED) is 0.603. The lowest BCUT2D eigenvalue weighted by Gasteiger charge is -2.26. The van der Waals surface area contributed by atoms with Crippen LogP contribution < -0.4 is 10.1 Å². The molecule has 0 spiro atoms. The summed E-state index contributed by atoms with van der Waals surface area (Å²) >= 11 is 5.93. The molecule has 0 aromatic heterocycles. The minimum absolute atomic E-state index is 0.0433. The number of carbonyl (C=O) groups excluding carboxylic acids is 1. The molecule has 3 aromatic carbocycles. The number of aryl methyl sites for hydroxylation is 1. The van der Waals surface area contributed by atoms with Gasteiger partial charge in [-0.3, -0.25) is 4.79 Å². The fourth-order valence-corrected chi connectivity index (χ4v) is 3.79. The van der Waals surface area contributed by atoms with Crippen molar-refractivity contribution in [2.45, 2.75) is 31.9 Å². The SMILES string of the molecule is O=C(N[C@H]1CCCc2ccccc21)c1ccccc1OCc1ccc(Cl)cc1. The highest BCUT2D eigenvalue weighted by atomic mass is 35.5. The number of ether oxygens (including phenoxy) is 1. The van der Waals surface area contributed by atoms with Crippen molar-refractivity contribution in [2.75, 3.05) is 0 Å². The molecule has 28 heavy (non-hydrogen) atoms. The second-order valence-corrected chi connectivity index (χ2v) is 7.46. The summed E-state index contributed by atoms with van der Waals surface area (Å²) in [6, 6.07) is 23.3. The normalized spacial score (nSPS) is 15.5. The number of benzene rings is 3. The van der Waals surface area contributed by atoms with Crippen molar-refractivity contribution in [1.29, 1.82) is 0 Å². The summed E-state index contributed by atoms with van der Waals surface area (Å²) in [5.74, 6) is 0.479. The van der Waals surface area contributed by atoms with Crippen LogP contribution in [-0.4, -0.2) is 5.91 Å². The molecule has 3 nitrogen and oxygen atoms in total. The van der Waals surface area contributed by atoms with Gasteiger partial charge in [-0.15, -0.1) is 0 Å². The first-order valence-corrected chi connectivity index (χ1v) is 9.93. The summed E-state index contributed by atoms with van der Waals surface area (Å²) in [5, 5.41) is 3.89. The molecule has 3 aromatic rings. The highest BCUT2D eigenvalue weighted by Gasteiger charge is 2.23. The van der Waals surface area contributed by atoms with Crippen molar-refractivity contribution in [1.82, 2.24) is 5.32 Å². The smallest absolute Gasteiger partial charge is 0.255 e. The zero-order valence-corrected chi connectivity index (χ0v) is 16.3. The van der Waals surface area contributed by atoms with Gasteiger partial charge in [-0.25, -0.2) is 0 Å². The van der Waals surface area contributed by atoms with Crippen molar-refractivity contribution < 1.29 is 9.53 Å². The van der Waals surface area contributed by atoms with Gasteiger partial charge in [-0.1, -0.05) is 60.1 Å². The molecule has 0 saturated heterocycles. The molecule has 0 heterocycles. The van der Waals surface area contributed by atoms with E-state index in [1.165, 1.54) is 11.1 Å². The van der Waals surface area contributed by atoms with Crippen LogP contribution in [0.25, 0.3) is 0 Å². The lowest BCUT2D eigenvalue weighted by molar-refractivity contribution is 0.0928. The summed E-state index contributed by atoms with van der Waals surface area (Å²) in [5.41, 5.74) is 4.10. The van der Waals surface area contributed by atoms with Gasteiger partial charge in [0.15, 0.2) is 0 Å². The molecule has 1 atom stereocenters. The molecule has 0 unspecified atom stereocenters. The number of hydrogen-bond acceptors (Lipinski definition) is 2. The fourth-order valence-electron chi connectivity index (χ4n) is 3.66. The number of fused-ring (bicyclic) bond motifs is 1. The first-order valence-electron chi connectivity index (χ1n) is 9.55. The van der Waals surface area contributed by atoms with E-state index >= 15 is 0 Å². The van der Waals surface area contributed by atoms with Crippen molar-refractivity contribution in [3.05, 3.63) is 100 Å². The van der Waals surface area contributed by atoms with Gasteiger partial charge in [-0.2, -0.15) is 0 Å². The van der Waals surface area contributed by atoms with Gasteiger partial charge >= 0.3 is 0 Å². The largest absolute Gasteiger partial charge is 0.488 e. The lowest BCUT2D eigenvalue weighted by Crippen LogP contribution is -2.31. The number of hydrogen-bond donors (Lipinski definition) is 1. The van der Waals surface area contributed by atoms with Crippen LogP contribution in [0.15, 0.2) is 72.8 Å². The van der Waals surface area contributed by atoms with Gasteiger partial charge in [0.2, 0.25) is 0 Å². The van der Waals surface area contributed by atoms with Crippen LogP contribution in [0.4, 0.5) is 0 Å². The summed E-state index contributed by atoms with van der Waals surface area (Å²) < 4.78 is 5.94. The van der Waals surface area contributed by atoms with Crippen LogP contribution in [0.3, 0.4) is 0 Å². The monoisotopic (exact) mass is 391 g/mol. The molecule has 1 aliphatic rings. The van der Waals surface area contributed by atoms with E-state index in [1.54, 1.807) is 6.07 Å². The molecule has 142 valence electrons. The summed E-state index contributed by atoms with van der Waals surface area (Å²) in [6.07, 6.45) is 3.11. The average molecular weight is 392 g/mol. The zero-order valence-electron chi connectivity index (χ0n) is 15.5. The number of para-hydroxylation sites is 1. The summed E-state index contributed by atoms with van der Waals surface area (Å²) in [4.78, 5) is 13.0. The third-order valence-corrected chi connectivity index (χ3v) is 5.37. The summed E-state index contributed by atoms with van der Waals surface area (Å²) in [7, 11) is 0. The number of rotatable bonds is 5. The second-order valence-electron chi connectivity index (χ2n) is 7.03. The third kappa shape index (κ3) is 4.20. The standard InChI is InChI=1S/C24H22ClNO2/c25-19-14-12-17(13-15-19)16-28-23-11-4-3-9-21(23)24(27)26-22-10-5-7-18-6-1-2-8-20(18)22/h1-4,6,8-9,11-15,22H,5,7,10,16H2,(H,26,27)/t22-/m0/s1. The molecular formula is C24H22ClNO2. The first-order chi connectivity index (χ1) is 13.7. The molecule has 0 aliphatic heterocycles. The van der Waals surface area contributed by atoms with Crippen LogP contribution in [0, 0.1) is 0 Å². The van der Waals surface area contributed by atoms with Gasteiger partial charge in [-0.05, 0) is 60.2 Å². The Kier molecular flexibility index (Phi) is 5.63. The molecule has 1 amide bonds. The van der Waals surface area contributed by atoms with Gasteiger partial charge < -0.3 is 10.1 Å². The Balaban J connectivity index is 1.49. The van der Waals surface area contributed by atoms with E-state index < -0.39 is 0 Å². The van der Waals surface area contributed by atoms with Crippen molar-refractivity contribution >= 4 is 17.5 Å². The maximum Gasteiger partial charge on any atom is 0.255 e. The average Bonchev–Trinajstić information content (AvgIpc) is 2.74. The third-order valence-electron chi connectivity index (χ3n) is 5.11. The predicted molar refractivity (Wildman–Crippen MR) is 112 cm³/mol. The fraction of sp³-hybridized carbons (Fsp3) is 0.208. The van der Waals surface area contributed by atoms with E-state index in [-0.39, 0.29) is 11.9 Å². The molecule has 4 rings (SSSR count). The molecule has 0 fully saturated rings. The van der Waals surface area contributed by atoms with Gasteiger partial charge in [0.25, 0.3) is 5.91 Å². The predicted octanol–water partition coefficient (Wildman–Crippen LogP) is 5.73. The Morgan fingerprint density at radius 2 is 1.75 bits per heavy atom. The molecule has 0 bridgehead atoms. The zero-order chi connectivity index (χ0) is 19.3. The minimum Gasteiger partial charge on any atom is -0.488 e. The maximum atomic E-state index is 13.0. The number of carbonyl (C=O) groups is 1. The van der Waals surface area contributed by atoms with Crippen molar-refractivity contribution in [2.24, 2.45) is 0 Å². The summed E-state index contributed by atoms with van der Waals surface area (Å²) in [6.45, 7) is 0.383. The molecular weight excluding hydrogens is 370 g/mol. The Hall–Kier alpha value is -2.78. The van der Waals surface area contributed by atoms with Gasteiger partial charge in [0.1, 0.15) is 12.4 Å². The van der Waals surface area contributed by atoms with Crippen LogP contribution in [0.1, 0.15) is 45.9 Å². The molecule has 1 N–H and O–H groups in total. The van der Waals surface area contributed by atoms with Crippen LogP contribution >= 0.6 is 11.6 Å². The van der Waals surface area contributed by atoms with Crippen LogP contribution in [0.5, 0.6) is 5.75 Å². The van der Waals surface area contributed by atoms with Gasteiger partial charge in [0.05, 0.1) is 11.6 Å². The van der Waals surface area contributed by atoms with Crippen LogP contribution in [0.2, 0.25) is 5.02 Å². The number of nitrogens with one attached hydrogen (secondary N) is 1. The molecule has 0 radical (unpaired) electrons. The van der Waals surface area contributed by atoms with E-state index in [0.717, 1.165) is 24.8 Å². The van der Waals surface area contributed by atoms with E-state index in [1.807, 2.05) is 48.5 Å². The molecule has 1 aliphatic carbocycles. The Labute approximate surface area is 170 Å². The van der Waals surface area contributed by atoms with E-state index in [4.69, 9.17) is 16.3 Å². The topological polar surface area (TPSA) is 38.3 Å². The van der Waals surface area contributed by atoms with Crippen LogP contribution in [-0.2, 0) is 13.0 Å². The van der Waals surface area contributed by atoms with E-state index in [9.17, 15) is 4.79 Å². The number of amides is 1. The van der Waals surface area contributed by atoms with Crippen molar-refractivity contribution in [3.8, 4) is 5.75 Å². The highest BCUT2D eigenvalue weighted by molar-refractivity contribution is 6.30. The van der Waals surface area contributed by atoms with E-state index in [2.05, 4.69) is 23.5 Å². The first kappa shape index (κ1) is 18.6. The Morgan fingerprint density at radius 1 is 1.00 bits per heavy atom.